The van der Waals surface area contributed by atoms with Crippen LogP contribution in [-0.4, -0.2) is 9.55 Å². The molecule has 2 aromatic carbocycles. The van der Waals surface area contributed by atoms with Crippen LogP contribution in [0.3, 0.4) is 0 Å². The molecule has 0 saturated carbocycles. The highest BCUT2D eigenvalue weighted by atomic mass is 15.1. The summed E-state index contributed by atoms with van der Waals surface area (Å²) in [4.78, 5) is 4.46. The van der Waals surface area contributed by atoms with Crippen LogP contribution in [0.2, 0.25) is 0 Å². The molecule has 0 amide bonds. The predicted molar refractivity (Wildman–Crippen MR) is 75.9 cm³/mol. The highest BCUT2D eigenvalue weighted by Crippen LogP contribution is 2.10. The second-order valence-corrected chi connectivity index (χ2v) is 4.54. The monoisotopic (exact) mass is 247 g/mol. The summed E-state index contributed by atoms with van der Waals surface area (Å²) in [5.74, 6) is 1.09. The lowest BCUT2D eigenvalue weighted by molar-refractivity contribution is 0.740. The van der Waals surface area contributed by atoms with Crippen LogP contribution >= 0.6 is 0 Å². The van der Waals surface area contributed by atoms with Crippen LogP contribution < -0.4 is 0 Å². The standard InChI is InChI=1S/C17H15N2/c1-3-7-15(8-4-1)13-17-18-11-12-19(17)14-16-9-5-2-6-10-16/h2-12H,13-14H2. The van der Waals surface area contributed by atoms with Crippen LogP contribution in [0.25, 0.3) is 0 Å². The first-order valence-corrected chi connectivity index (χ1v) is 6.41. The van der Waals surface area contributed by atoms with E-state index in [0.717, 1.165) is 18.8 Å². The van der Waals surface area contributed by atoms with Gasteiger partial charge in [0.25, 0.3) is 0 Å². The summed E-state index contributed by atoms with van der Waals surface area (Å²) in [7, 11) is 0. The van der Waals surface area contributed by atoms with Gasteiger partial charge in [-0.2, -0.15) is 0 Å². The van der Waals surface area contributed by atoms with Gasteiger partial charge in [-0.05, 0) is 17.2 Å². The van der Waals surface area contributed by atoms with Crippen molar-refractivity contribution >= 4 is 0 Å². The number of hydrogen-bond donors (Lipinski definition) is 0. The maximum atomic E-state index is 4.46. The van der Waals surface area contributed by atoms with Crippen molar-refractivity contribution in [1.29, 1.82) is 0 Å². The van der Waals surface area contributed by atoms with E-state index in [0.29, 0.717) is 0 Å². The van der Waals surface area contributed by atoms with E-state index in [1.807, 2.05) is 30.6 Å². The molecule has 2 nitrogen and oxygen atoms in total. The third-order valence-corrected chi connectivity index (χ3v) is 3.15. The van der Waals surface area contributed by atoms with Crippen molar-refractivity contribution in [3.8, 4) is 0 Å². The lowest BCUT2D eigenvalue weighted by Crippen LogP contribution is -2.05. The molecule has 3 aromatic rings. The number of benzene rings is 2. The van der Waals surface area contributed by atoms with Gasteiger partial charge in [-0.3, -0.25) is 0 Å². The first kappa shape index (κ1) is 11.7. The van der Waals surface area contributed by atoms with E-state index in [-0.39, 0.29) is 0 Å². The summed E-state index contributed by atoms with van der Waals surface area (Å²) < 4.78 is 2.20. The molecule has 19 heavy (non-hydrogen) atoms. The molecule has 0 atom stereocenters. The fourth-order valence-electron chi connectivity index (χ4n) is 2.15. The molecular weight excluding hydrogens is 232 g/mol. The van der Waals surface area contributed by atoms with Gasteiger partial charge in [-0.25, -0.2) is 4.98 Å². The lowest BCUT2D eigenvalue weighted by Gasteiger charge is -2.08. The highest BCUT2D eigenvalue weighted by Gasteiger charge is 2.04. The molecule has 0 N–H and O–H groups in total. The fraction of sp³-hybridized carbons (Fsp3) is 0.118. The van der Waals surface area contributed by atoms with Gasteiger partial charge in [0.1, 0.15) is 5.82 Å². The first-order valence-electron chi connectivity index (χ1n) is 6.41. The van der Waals surface area contributed by atoms with E-state index in [1.165, 1.54) is 11.1 Å². The van der Waals surface area contributed by atoms with E-state index >= 15 is 0 Å². The summed E-state index contributed by atoms with van der Waals surface area (Å²) in [6.45, 7) is 0.870. The van der Waals surface area contributed by atoms with Gasteiger partial charge in [-0.1, -0.05) is 54.6 Å². The van der Waals surface area contributed by atoms with Crippen molar-refractivity contribution in [1.82, 2.24) is 9.55 Å². The Bertz CT molecular complexity index is 571. The van der Waals surface area contributed by atoms with Crippen molar-refractivity contribution in [2.75, 3.05) is 0 Å². The molecule has 1 aromatic heterocycles. The SMILES string of the molecule is [c]1ccc(Cc2nccn2Cc2ccccc2)cc1. The topological polar surface area (TPSA) is 17.8 Å². The molecular formula is C17H15N2. The maximum Gasteiger partial charge on any atom is 0.113 e. The third-order valence-electron chi connectivity index (χ3n) is 3.15. The second-order valence-electron chi connectivity index (χ2n) is 4.54. The van der Waals surface area contributed by atoms with Gasteiger partial charge >= 0.3 is 0 Å². The fourth-order valence-corrected chi connectivity index (χ4v) is 2.15. The Kier molecular flexibility index (Phi) is 3.41. The Labute approximate surface area is 113 Å². The van der Waals surface area contributed by atoms with Crippen LogP contribution in [0, 0.1) is 6.07 Å². The van der Waals surface area contributed by atoms with E-state index < -0.39 is 0 Å². The van der Waals surface area contributed by atoms with Gasteiger partial charge in [0, 0.05) is 25.4 Å². The van der Waals surface area contributed by atoms with Gasteiger partial charge in [0.15, 0.2) is 0 Å². The second kappa shape index (κ2) is 5.53. The average molecular weight is 247 g/mol. The zero-order chi connectivity index (χ0) is 12.9. The van der Waals surface area contributed by atoms with Crippen LogP contribution in [0.5, 0.6) is 0 Å². The van der Waals surface area contributed by atoms with Crippen molar-refractivity contribution in [2.24, 2.45) is 0 Å². The molecule has 0 aliphatic carbocycles. The summed E-state index contributed by atoms with van der Waals surface area (Å²) in [6.07, 6.45) is 4.76. The minimum atomic E-state index is 0.856. The van der Waals surface area contributed by atoms with Gasteiger partial charge < -0.3 is 4.57 Å². The molecule has 1 heterocycles. The summed E-state index contributed by atoms with van der Waals surface area (Å²) in [6, 6.07) is 21.6. The summed E-state index contributed by atoms with van der Waals surface area (Å²) in [5, 5.41) is 0. The maximum absolute atomic E-state index is 4.46. The minimum Gasteiger partial charge on any atom is -0.330 e. The molecule has 0 spiro atoms. The Morgan fingerprint density at radius 2 is 1.74 bits per heavy atom. The molecule has 0 fully saturated rings. The molecule has 93 valence electrons. The number of hydrogen-bond acceptors (Lipinski definition) is 1. The highest BCUT2D eigenvalue weighted by molar-refractivity contribution is 5.20. The van der Waals surface area contributed by atoms with Crippen molar-refractivity contribution in [3.05, 3.63) is 90.0 Å². The molecule has 0 aliphatic heterocycles. The Morgan fingerprint density at radius 3 is 2.53 bits per heavy atom. The molecule has 3 rings (SSSR count). The molecule has 0 bridgehead atoms. The van der Waals surface area contributed by atoms with Crippen LogP contribution in [0.4, 0.5) is 0 Å². The zero-order valence-corrected chi connectivity index (χ0v) is 10.7. The Hall–Kier alpha value is -2.35. The van der Waals surface area contributed by atoms with Crippen LogP contribution in [0.1, 0.15) is 17.0 Å². The Balaban J connectivity index is 1.79. The molecule has 0 saturated heterocycles. The van der Waals surface area contributed by atoms with E-state index in [4.69, 9.17) is 0 Å². The van der Waals surface area contributed by atoms with Gasteiger partial charge in [0.2, 0.25) is 0 Å². The smallest absolute Gasteiger partial charge is 0.113 e. The number of rotatable bonds is 4. The summed E-state index contributed by atoms with van der Waals surface area (Å²) >= 11 is 0. The van der Waals surface area contributed by atoms with Crippen molar-refractivity contribution < 1.29 is 0 Å². The van der Waals surface area contributed by atoms with Gasteiger partial charge in [0.05, 0.1) is 0 Å². The molecule has 1 radical (unpaired) electrons. The quantitative estimate of drug-likeness (QED) is 0.691. The van der Waals surface area contributed by atoms with E-state index in [2.05, 4.69) is 52.0 Å². The zero-order valence-electron chi connectivity index (χ0n) is 10.7. The number of imidazole rings is 1. The number of aromatic nitrogens is 2. The molecule has 0 unspecified atom stereocenters. The third kappa shape index (κ3) is 2.91. The minimum absolute atomic E-state index is 0.856. The van der Waals surface area contributed by atoms with E-state index in [9.17, 15) is 0 Å². The van der Waals surface area contributed by atoms with Crippen molar-refractivity contribution in [3.63, 3.8) is 0 Å². The first-order chi connectivity index (χ1) is 9.42. The predicted octanol–water partition coefficient (Wildman–Crippen LogP) is 3.32. The molecule has 0 aliphatic rings. The molecule has 2 heteroatoms. The van der Waals surface area contributed by atoms with Crippen LogP contribution in [-0.2, 0) is 13.0 Å². The lowest BCUT2D eigenvalue weighted by atomic mass is 10.1. The van der Waals surface area contributed by atoms with E-state index in [1.54, 1.807) is 0 Å². The Morgan fingerprint density at radius 1 is 0.947 bits per heavy atom. The van der Waals surface area contributed by atoms with Crippen molar-refractivity contribution in [2.45, 2.75) is 13.0 Å². The van der Waals surface area contributed by atoms with Gasteiger partial charge in [-0.15, -0.1) is 0 Å². The summed E-state index contributed by atoms with van der Waals surface area (Å²) in [5.41, 5.74) is 2.56. The largest absolute Gasteiger partial charge is 0.330 e. The van der Waals surface area contributed by atoms with Crippen LogP contribution in [0.15, 0.2) is 67.0 Å². The average Bonchev–Trinajstić information content (AvgIpc) is 2.88. The normalized spacial score (nSPS) is 10.5. The number of nitrogens with zero attached hydrogens (tertiary/aromatic N) is 2.